The second-order valence-electron chi connectivity index (χ2n) is 5.88. The van der Waals surface area contributed by atoms with E-state index in [0.29, 0.717) is 11.5 Å². The van der Waals surface area contributed by atoms with Gasteiger partial charge in [-0.2, -0.15) is 0 Å². The maximum Gasteiger partial charge on any atom is 0.191 e. The predicted molar refractivity (Wildman–Crippen MR) is 65.9 cm³/mol. The van der Waals surface area contributed by atoms with Crippen LogP contribution in [0, 0.1) is 11.3 Å². The highest BCUT2D eigenvalue weighted by Crippen LogP contribution is 2.33. The Kier molecular flexibility index (Phi) is 3.63. The van der Waals surface area contributed by atoms with Crippen molar-refractivity contribution in [2.45, 2.75) is 47.1 Å². The maximum absolute atomic E-state index is 5.96. The van der Waals surface area contributed by atoms with Crippen molar-refractivity contribution in [2.24, 2.45) is 22.1 Å². The molecule has 1 saturated heterocycles. The van der Waals surface area contributed by atoms with Gasteiger partial charge in [0.05, 0.1) is 0 Å². The fourth-order valence-corrected chi connectivity index (χ4v) is 2.02. The van der Waals surface area contributed by atoms with Crippen molar-refractivity contribution in [3.63, 3.8) is 0 Å². The molecule has 1 aliphatic heterocycles. The molecule has 1 heterocycles. The molecule has 15 heavy (non-hydrogen) atoms. The molecule has 0 saturated carbocycles. The van der Waals surface area contributed by atoms with Crippen LogP contribution >= 0.6 is 0 Å². The number of nitrogens with zero attached hydrogens (tertiary/aromatic N) is 2. The van der Waals surface area contributed by atoms with Crippen LogP contribution in [0.3, 0.4) is 0 Å². The van der Waals surface area contributed by atoms with Gasteiger partial charge in [0, 0.05) is 19.1 Å². The number of likely N-dealkylation sites (tertiary alicyclic amines) is 1. The molecule has 3 heteroatoms. The first kappa shape index (κ1) is 12.3. The van der Waals surface area contributed by atoms with Gasteiger partial charge < -0.3 is 10.6 Å². The van der Waals surface area contributed by atoms with Gasteiger partial charge in [-0.05, 0) is 31.6 Å². The summed E-state index contributed by atoms with van der Waals surface area (Å²) in [4.78, 5) is 6.61. The zero-order valence-corrected chi connectivity index (χ0v) is 10.7. The van der Waals surface area contributed by atoms with Crippen molar-refractivity contribution in [3.8, 4) is 0 Å². The molecule has 1 aliphatic rings. The first-order valence-electron chi connectivity index (χ1n) is 5.89. The second-order valence-corrected chi connectivity index (χ2v) is 5.88. The maximum atomic E-state index is 5.96. The summed E-state index contributed by atoms with van der Waals surface area (Å²) in [5, 5.41) is 0. The van der Waals surface area contributed by atoms with Crippen molar-refractivity contribution in [2.75, 3.05) is 13.1 Å². The van der Waals surface area contributed by atoms with Gasteiger partial charge in [0.25, 0.3) is 0 Å². The van der Waals surface area contributed by atoms with Crippen LogP contribution in [0.5, 0.6) is 0 Å². The second kappa shape index (κ2) is 4.42. The molecule has 1 rings (SSSR count). The topological polar surface area (TPSA) is 41.6 Å². The third-order valence-electron chi connectivity index (χ3n) is 3.13. The Morgan fingerprint density at radius 1 is 1.40 bits per heavy atom. The monoisotopic (exact) mass is 211 g/mol. The molecule has 3 nitrogen and oxygen atoms in total. The van der Waals surface area contributed by atoms with Crippen molar-refractivity contribution >= 4 is 5.96 Å². The quantitative estimate of drug-likeness (QED) is 0.533. The van der Waals surface area contributed by atoms with Crippen LogP contribution in [-0.4, -0.2) is 30.0 Å². The highest BCUT2D eigenvalue weighted by atomic mass is 15.3. The fourth-order valence-electron chi connectivity index (χ4n) is 2.02. The first-order valence-corrected chi connectivity index (χ1v) is 5.89. The summed E-state index contributed by atoms with van der Waals surface area (Å²) in [6, 6.07) is 0.290. The van der Waals surface area contributed by atoms with Gasteiger partial charge in [-0.25, -0.2) is 0 Å². The molecule has 0 bridgehead atoms. The average Bonchev–Trinajstić information content (AvgIpc) is 2.48. The van der Waals surface area contributed by atoms with E-state index in [1.165, 1.54) is 6.42 Å². The van der Waals surface area contributed by atoms with Crippen LogP contribution in [0.25, 0.3) is 0 Å². The van der Waals surface area contributed by atoms with Gasteiger partial charge in [0.1, 0.15) is 0 Å². The van der Waals surface area contributed by atoms with E-state index in [4.69, 9.17) is 5.73 Å². The van der Waals surface area contributed by atoms with Gasteiger partial charge in [0.2, 0.25) is 0 Å². The molecule has 0 aromatic carbocycles. The number of nitrogens with two attached hydrogens (primary N) is 1. The highest BCUT2D eigenvalue weighted by Gasteiger charge is 2.32. The van der Waals surface area contributed by atoms with E-state index >= 15 is 0 Å². The summed E-state index contributed by atoms with van der Waals surface area (Å²) in [5.74, 6) is 1.45. The highest BCUT2D eigenvalue weighted by molar-refractivity contribution is 5.78. The smallest absolute Gasteiger partial charge is 0.191 e. The minimum absolute atomic E-state index is 0.290. The third-order valence-corrected chi connectivity index (χ3v) is 3.13. The molecule has 0 spiro atoms. The number of aliphatic imine (C=N–C) groups is 1. The lowest BCUT2D eigenvalue weighted by molar-refractivity contribution is 0.250. The van der Waals surface area contributed by atoms with E-state index in [2.05, 4.69) is 44.5 Å². The third kappa shape index (κ3) is 3.40. The summed E-state index contributed by atoms with van der Waals surface area (Å²) in [7, 11) is 0. The van der Waals surface area contributed by atoms with E-state index in [1.807, 2.05) is 0 Å². The van der Waals surface area contributed by atoms with Crippen LogP contribution in [0.2, 0.25) is 0 Å². The van der Waals surface area contributed by atoms with Crippen molar-refractivity contribution in [1.82, 2.24) is 4.90 Å². The van der Waals surface area contributed by atoms with Gasteiger partial charge in [-0.15, -0.1) is 0 Å². The minimum atomic E-state index is 0.290. The summed E-state index contributed by atoms with van der Waals surface area (Å²) >= 11 is 0. The van der Waals surface area contributed by atoms with E-state index < -0.39 is 0 Å². The summed E-state index contributed by atoms with van der Waals surface area (Å²) in [5.41, 5.74) is 6.34. The molecule has 88 valence electrons. The lowest BCUT2D eigenvalue weighted by atomic mass is 9.80. The molecule has 0 radical (unpaired) electrons. The van der Waals surface area contributed by atoms with Crippen LogP contribution < -0.4 is 5.73 Å². The largest absolute Gasteiger partial charge is 0.370 e. The lowest BCUT2D eigenvalue weighted by Gasteiger charge is -2.27. The Bertz CT molecular complexity index is 238. The predicted octanol–water partition coefficient (Wildman–Crippen LogP) is 2.08. The van der Waals surface area contributed by atoms with Gasteiger partial charge in [-0.1, -0.05) is 20.8 Å². The van der Waals surface area contributed by atoms with Crippen LogP contribution in [-0.2, 0) is 0 Å². The minimum Gasteiger partial charge on any atom is -0.370 e. The summed E-state index contributed by atoms with van der Waals surface area (Å²) < 4.78 is 0. The number of rotatable bonds is 1. The Morgan fingerprint density at radius 2 is 2.00 bits per heavy atom. The van der Waals surface area contributed by atoms with Crippen molar-refractivity contribution in [1.29, 1.82) is 0 Å². The normalized spacial score (nSPS) is 24.0. The molecule has 0 aromatic rings. The molecule has 1 fully saturated rings. The van der Waals surface area contributed by atoms with E-state index in [1.54, 1.807) is 0 Å². The Morgan fingerprint density at radius 3 is 2.40 bits per heavy atom. The average molecular weight is 211 g/mol. The Balaban J connectivity index is 2.57. The van der Waals surface area contributed by atoms with E-state index in [9.17, 15) is 0 Å². The van der Waals surface area contributed by atoms with Crippen LogP contribution in [0.4, 0.5) is 0 Å². The molecule has 0 aliphatic carbocycles. The molecule has 1 unspecified atom stereocenters. The number of hydrogen-bond acceptors (Lipinski definition) is 1. The van der Waals surface area contributed by atoms with Crippen LogP contribution in [0.15, 0.2) is 4.99 Å². The van der Waals surface area contributed by atoms with Gasteiger partial charge >= 0.3 is 0 Å². The Labute approximate surface area is 93.7 Å². The Hall–Kier alpha value is -0.730. The lowest BCUT2D eigenvalue weighted by Crippen LogP contribution is -2.37. The number of hydrogen-bond donors (Lipinski definition) is 1. The zero-order valence-electron chi connectivity index (χ0n) is 10.7. The molecular weight excluding hydrogens is 186 g/mol. The summed E-state index contributed by atoms with van der Waals surface area (Å²) in [6.07, 6.45) is 1.23. The van der Waals surface area contributed by atoms with Crippen LogP contribution in [0.1, 0.15) is 41.0 Å². The molecule has 1 atom stereocenters. The standard InChI is InChI=1S/C12H25N3/c1-9(2)14-11(13)15-7-6-10(8-15)12(3,4)5/h9-10H,6-8H2,1-5H3,(H2,13,14). The number of guanidine groups is 1. The zero-order chi connectivity index (χ0) is 11.6. The molecule has 0 amide bonds. The SMILES string of the molecule is CC(C)N=C(N)N1CCC(C(C)(C)C)C1. The van der Waals surface area contributed by atoms with Crippen molar-refractivity contribution < 1.29 is 0 Å². The first-order chi connectivity index (χ1) is 6.80. The van der Waals surface area contributed by atoms with Gasteiger partial charge in [0.15, 0.2) is 5.96 Å². The fraction of sp³-hybridized carbons (Fsp3) is 0.917. The molecule has 2 N–H and O–H groups in total. The molecule has 0 aromatic heterocycles. The van der Waals surface area contributed by atoms with E-state index in [-0.39, 0.29) is 0 Å². The van der Waals surface area contributed by atoms with Crippen molar-refractivity contribution in [3.05, 3.63) is 0 Å². The van der Waals surface area contributed by atoms with E-state index in [0.717, 1.165) is 25.0 Å². The van der Waals surface area contributed by atoms with Gasteiger partial charge in [-0.3, -0.25) is 4.99 Å². The molecular formula is C12H25N3. The summed E-state index contributed by atoms with van der Waals surface area (Å²) in [6.45, 7) is 13.1.